The molecule has 0 saturated heterocycles. The molecule has 0 bridgehead atoms. The maximum atomic E-state index is 11.4. The van der Waals surface area contributed by atoms with E-state index in [9.17, 15) is 9.90 Å². The summed E-state index contributed by atoms with van der Waals surface area (Å²) in [7, 11) is 0. The number of aliphatic hydroxyl groups is 1. The first-order chi connectivity index (χ1) is 13.2. The highest BCUT2D eigenvalue weighted by Gasteiger charge is 2.21. The van der Waals surface area contributed by atoms with E-state index >= 15 is 0 Å². The first-order valence-corrected chi connectivity index (χ1v) is 9.62. The quantitative estimate of drug-likeness (QED) is 0.821. The second kappa shape index (κ2) is 8.11. The zero-order valence-corrected chi connectivity index (χ0v) is 15.3. The standard InChI is InChI=1S/C22H25NO4/c24-17(14-27-21-7-3-5-15-4-1-2-6-19(15)21)13-26-18-9-10-20-16(12-18)8-11-22(25)23-20/h1-2,4,6,9-10,12,17,21,24H,3,5,7-8,11,13-14H2,(H,23,25)/t17-,21+/m0/s1. The summed E-state index contributed by atoms with van der Waals surface area (Å²) in [5, 5.41) is 13.1. The number of nitrogens with one attached hydrogen (secondary N) is 1. The van der Waals surface area contributed by atoms with Crippen LogP contribution in [0.3, 0.4) is 0 Å². The van der Waals surface area contributed by atoms with Crippen LogP contribution in [0.25, 0.3) is 0 Å². The number of hydrogen-bond donors (Lipinski definition) is 2. The smallest absolute Gasteiger partial charge is 0.224 e. The van der Waals surface area contributed by atoms with Crippen LogP contribution >= 0.6 is 0 Å². The van der Waals surface area contributed by atoms with Gasteiger partial charge in [-0.1, -0.05) is 24.3 Å². The number of carbonyl (C=O) groups excluding carboxylic acids is 1. The van der Waals surface area contributed by atoms with Gasteiger partial charge in [0.2, 0.25) is 5.91 Å². The molecule has 1 aliphatic heterocycles. The summed E-state index contributed by atoms with van der Waals surface area (Å²) in [4.78, 5) is 11.4. The van der Waals surface area contributed by atoms with Crippen molar-refractivity contribution < 1.29 is 19.4 Å². The topological polar surface area (TPSA) is 67.8 Å². The predicted octanol–water partition coefficient (Wildman–Crippen LogP) is 3.41. The molecule has 27 heavy (non-hydrogen) atoms. The van der Waals surface area contributed by atoms with Crippen molar-refractivity contribution in [3.63, 3.8) is 0 Å². The van der Waals surface area contributed by atoms with Crippen LogP contribution in [0, 0.1) is 0 Å². The molecule has 5 nitrogen and oxygen atoms in total. The van der Waals surface area contributed by atoms with Crippen LogP contribution in [0.15, 0.2) is 42.5 Å². The number of aliphatic hydroxyl groups excluding tert-OH is 1. The third kappa shape index (κ3) is 4.31. The van der Waals surface area contributed by atoms with Gasteiger partial charge in [0, 0.05) is 12.1 Å². The Hall–Kier alpha value is -2.37. The summed E-state index contributed by atoms with van der Waals surface area (Å²) in [5.41, 5.74) is 4.50. The molecule has 0 fully saturated rings. The van der Waals surface area contributed by atoms with E-state index < -0.39 is 6.10 Å². The SMILES string of the molecule is O=C1CCc2cc(OC[C@H](O)CO[C@@H]3CCCc4ccccc43)ccc2N1. The number of amides is 1. The molecule has 1 heterocycles. The molecular weight excluding hydrogens is 342 g/mol. The van der Waals surface area contributed by atoms with E-state index in [0.717, 1.165) is 30.5 Å². The molecular formula is C22H25NO4. The molecule has 2 N–H and O–H groups in total. The van der Waals surface area contributed by atoms with E-state index in [1.807, 2.05) is 24.3 Å². The van der Waals surface area contributed by atoms with E-state index in [1.165, 1.54) is 11.1 Å². The number of carbonyl (C=O) groups is 1. The maximum Gasteiger partial charge on any atom is 0.224 e. The molecule has 5 heteroatoms. The van der Waals surface area contributed by atoms with E-state index in [0.29, 0.717) is 18.6 Å². The van der Waals surface area contributed by atoms with E-state index in [4.69, 9.17) is 9.47 Å². The Labute approximate surface area is 159 Å². The lowest BCUT2D eigenvalue weighted by Gasteiger charge is -2.26. The zero-order chi connectivity index (χ0) is 18.6. The Bertz CT molecular complexity index is 820. The van der Waals surface area contributed by atoms with Gasteiger partial charge in [-0.05, 0) is 60.6 Å². The number of hydrogen-bond acceptors (Lipinski definition) is 4. The van der Waals surface area contributed by atoms with Crippen LogP contribution in [-0.2, 0) is 22.4 Å². The van der Waals surface area contributed by atoms with Crippen LogP contribution in [0.4, 0.5) is 5.69 Å². The minimum Gasteiger partial charge on any atom is -0.491 e. The van der Waals surface area contributed by atoms with Crippen molar-refractivity contribution >= 4 is 11.6 Å². The molecule has 1 amide bonds. The molecule has 2 atom stereocenters. The van der Waals surface area contributed by atoms with E-state index in [-0.39, 0.29) is 25.2 Å². The van der Waals surface area contributed by atoms with Crippen molar-refractivity contribution in [3.05, 3.63) is 59.2 Å². The lowest BCUT2D eigenvalue weighted by atomic mass is 9.89. The van der Waals surface area contributed by atoms with Gasteiger partial charge < -0.3 is 19.9 Å². The molecule has 4 rings (SSSR count). The third-order valence-corrected chi connectivity index (χ3v) is 5.22. The minimum absolute atomic E-state index is 0.0491. The van der Waals surface area contributed by atoms with E-state index in [1.54, 1.807) is 0 Å². The largest absolute Gasteiger partial charge is 0.491 e. The first kappa shape index (κ1) is 18.0. The van der Waals surface area contributed by atoms with E-state index in [2.05, 4.69) is 23.5 Å². The Balaban J connectivity index is 1.28. The number of anilines is 1. The van der Waals surface area contributed by atoms with Crippen LogP contribution in [0.2, 0.25) is 0 Å². The van der Waals surface area contributed by atoms with Crippen molar-refractivity contribution in [2.75, 3.05) is 18.5 Å². The number of benzene rings is 2. The fourth-order valence-electron chi connectivity index (χ4n) is 3.80. The molecule has 0 radical (unpaired) electrons. The fraction of sp³-hybridized carbons (Fsp3) is 0.409. The molecule has 2 aliphatic rings. The Morgan fingerprint density at radius 3 is 2.89 bits per heavy atom. The highest BCUT2D eigenvalue weighted by Crippen LogP contribution is 2.32. The molecule has 2 aromatic rings. The summed E-state index contributed by atoms with van der Waals surface area (Å²) in [5.74, 6) is 0.750. The van der Waals surface area contributed by atoms with Crippen molar-refractivity contribution in [1.29, 1.82) is 0 Å². The Kier molecular flexibility index (Phi) is 5.41. The predicted molar refractivity (Wildman–Crippen MR) is 103 cm³/mol. The molecule has 1 aliphatic carbocycles. The van der Waals surface area contributed by atoms with Gasteiger partial charge in [0.15, 0.2) is 0 Å². The average Bonchev–Trinajstić information content (AvgIpc) is 2.70. The van der Waals surface area contributed by atoms with Gasteiger partial charge in [0.25, 0.3) is 0 Å². The van der Waals surface area contributed by atoms with Gasteiger partial charge >= 0.3 is 0 Å². The van der Waals surface area contributed by atoms with Crippen molar-refractivity contribution in [2.24, 2.45) is 0 Å². The average molecular weight is 367 g/mol. The van der Waals surface area contributed by atoms with Gasteiger partial charge in [-0.2, -0.15) is 0 Å². The molecule has 142 valence electrons. The van der Waals surface area contributed by atoms with Crippen molar-refractivity contribution in [1.82, 2.24) is 0 Å². The number of ether oxygens (including phenoxy) is 2. The van der Waals surface area contributed by atoms with Crippen LogP contribution in [-0.4, -0.2) is 30.3 Å². The fourth-order valence-corrected chi connectivity index (χ4v) is 3.80. The normalized spacial score (nSPS) is 19.6. The Morgan fingerprint density at radius 2 is 1.96 bits per heavy atom. The van der Waals surface area contributed by atoms with Crippen LogP contribution < -0.4 is 10.1 Å². The van der Waals surface area contributed by atoms with Gasteiger partial charge in [-0.3, -0.25) is 4.79 Å². The van der Waals surface area contributed by atoms with Gasteiger partial charge in [-0.15, -0.1) is 0 Å². The second-order valence-corrected chi connectivity index (χ2v) is 7.24. The van der Waals surface area contributed by atoms with Gasteiger partial charge in [0.05, 0.1) is 12.7 Å². The first-order valence-electron chi connectivity index (χ1n) is 9.62. The maximum absolute atomic E-state index is 11.4. The summed E-state index contributed by atoms with van der Waals surface area (Å²) in [6.07, 6.45) is 3.77. The molecule has 0 unspecified atom stereocenters. The minimum atomic E-state index is -0.685. The van der Waals surface area contributed by atoms with Gasteiger partial charge in [0.1, 0.15) is 18.5 Å². The molecule has 0 aromatic heterocycles. The highest BCUT2D eigenvalue weighted by molar-refractivity contribution is 5.93. The van der Waals surface area contributed by atoms with Crippen molar-refractivity contribution in [2.45, 2.75) is 44.3 Å². The lowest BCUT2D eigenvalue weighted by molar-refractivity contribution is -0.116. The summed E-state index contributed by atoms with van der Waals surface area (Å²) in [6, 6.07) is 14.0. The highest BCUT2D eigenvalue weighted by atomic mass is 16.5. The summed E-state index contributed by atoms with van der Waals surface area (Å²) < 4.78 is 11.7. The number of rotatable bonds is 6. The van der Waals surface area contributed by atoms with Gasteiger partial charge in [-0.25, -0.2) is 0 Å². The molecule has 2 aromatic carbocycles. The Morgan fingerprint density at radius 1 is 1.07 bits per heavy atom. The van der Waals surface area contributed by atoms with Crippen molar-refractivity contribution in [3.8, 4) is 5.75 Å². The number of aryl methyl sites for hydroxylation is 2. The summed E-state index contributed by atoms with van der Waals surface area (Å²) >= 11 is 0. The zero-order valence-electron chi connectivity index (χ0n) is 15.3. The number of fused-ring (bicyclic) bond motifs is 2. The monoisotopic (exact) mass is 367 g/mol. The summed E-state index contributed by atoms with van der Waals surface area (Å²) in [6.45, 7) is 0.430. The molecule has 0 saturated carbocycles. The third-order valence-electron chi connectivity index (χ3n) is 5.22. The lowest BCUT2D eigenvalue weighted by Crippen LogP contribution is -2.26. The second-order valence-electron chi connectivity index (χ2n) is 7.24. The van der Waals surface area contributed by atoms with Crippen LogP contribution in [0.1, 0.15) is 42.1 Å². The van der Waals surface area contributed by atoms with Crippen LogP contribution in [0.5, 0.6) is 5.75 Å². The molecule has 0 spiro atoms.